The number of nitrogens with one attached hydrogen (secondary N) is 1. The summed E-state index contributed by atoms with van der Waals surface area (Å²) in [6, 6.07) is 12.8. The summed E-state index contributed by atoms with van der Waals surface area (Å²) in [6.45, 7) is 0.698. The molecule has 0 radical (unpaired) electrons. The van der Waals surface area contributed by atoms with Gasteiger partial charge in [0.25, 0.3) is 11.8 Å². The van der Waals surface area contributed by atoms with E-state index in [9.17, 15) is 9.59 Å². The first-order valence-corrected chi connectivity index (χ1v) is 10.2. The lowest BCUT2D eigenvalue weighted by Gasteiger charge is -2.15. The van der Waals surface area contributed by atoms with Gasteiger partial charge in [-0.3, -0.25) is 14.8 Å². The van der Waals surface area contributed by atoms with Crippen LogP contribution in [0.2, 0.25) is 0 Å². The van der Waals surface area contributed by atoms with Gasteiger partial charge in [-0.05, 0) is 35.4 Å². The molecule has 2 amide bonds. The summed E-state index contributed by atoms with van der Waals surface area (Å²) in [5.74, 6) is -0.280. The zero-order valence-corrected chi connectivity index (χ0v) is 18.5. The van der Waals surface area contributed by atoms with Gasteiger partial charge in [-0.15, -0.1) is 5.10 Å². The number of rotatable bonds is 8. The van der Waals surface area contributed by atoms with E-state index in [0.717, 1.165) is 11.1 Å². The smallest absolute Gasteiger partial charge is 0.281 e. The molecule has 11 heteroatoms. The molecule has 2 N–H and O–H groups in total. The SMILES string of the molecule is CON=C1C(=O)N(Cc2cn(Cc3ccc(/C=C/C(=O)NO)cc3)nn2)c2ccc(OC)cc21. The molecule has 0 saturated heterocycles. The highest BCUT2D eigenvalue weighted by molar-refractivity contribution is 6.54. The third-order valence-corrected chi connectivity index (χ3v) is 5.15. The van der Waals surface area contributed by atoms with Crippen LogP contribution in [0.25, 0.3) is 6.08 Å². The molecule has 1 aliphatic rings. The molecule has 2 aromatic carbocycles. The first kappa shape index (κ1) is 22.7. The highest BCUT2D eigenvalue weighted by atomic mass is 16.6. The number of hydrogen-bond acceptors (Lipinski definition) is 8. The summed E-state index contributed by atoms with van der Waals surface area (Å²) in [4.78, 5) is 30.5. The number of hydroxylamine groups is 1. The molecular weight excluding hydrogens is 440 g/mol. The van der Waals surface area contributed by atoms with Crippen LogP contribution in [-0.4, -0.2) is 51.9 Å². The largest absolute Gasteiger partial charge is 0.497 e. The number of benzene rings is 2. The molecule has 11 nitrogen and oxygen atoms in total. The predicted octanol–water partition coefficient (Wildman–Crippen LogP) is 1.75. The van der Waals surface area contributed by atoms with Crippen LogP contribution in [0.1, 0.15) is 22.4 Å². The average Bonchev–Trinajstić information content (AvgIpc) is 3.41. The van der Waals surface area contributed by atoms with Gasteiger partial charge < -0.3 is 14.5 Å². The molecule has 0 aliphatic carbocycles. The zero-order valence-electron chi connectivity index (χ0n) is 18.5. The fourth-order valence-corrected chi connectivity index (χ4v) is 3.54. The Morgan fingerprint density at radius 1 is 1.18 bits per heavy atom. The molecule has 0 fully saturated rings. The monoisotopic (exact) mass is 462 g/mol. The zero-order chi connectivity index (χ0) is 24.1. The quantitative estimate of drug-likeness (QED) is 0.296. The number of nitrogens with zero attached hydrogens (tertiary/aromatic N) is 5. The van der Waals surface area contributed by atoms with Gasteiger partial charge in [0.2, 0.25) is 0 Å². The summed E-state index contributed by atoms with van der Waals surface area (Å²) >= 11 is 0. The summed E-state index contributed by atoms with van der Waals surface area (Å²) < 4.78 is 6.95. The molecule has 1 aromatic heterocycles. The molecule has 174 valence electrons. The van der Waals surface area contributed by atoms with E-state index in [0.29, 0.717) is 29.2 Å². The van der Waals surface area contributed by atoms with Crippen molar-refractivity contribution in [2.45, 2.75) is 13.1 Å². The highest BCUT2D eigenvalue weighted by Gasteiger charge is 2.35. The summed E-state index contributed by atoms with van der Waals surface area (Å²) in [6.07, 6.45) is 4.60. The second kappa shape index (κ2) is 9.96. The third kappa shape index (κ3) is 4.79. The molecule has 2 heterocycles. The molecule has 0 saturated carbocycles. The molecule has 3 aromatic rings. The van der Waals surface area contributed by atoms with Gasteiger partial charge in [-0.2, -0.15) is 0 Å². The van der Waals surface area contributed by atoms with E-state index in [4.69, 9.17) is 14.8 Å². The van der Waals surface area contributed by atoms with Gasteiger partial charge in [0.15, 0.2) is 5.71 Å². The number of hydrogen-bond donors (Lipinski definition) is 2. The maximum Gasteiger partial charge on any atom is 0.281 e. The van der Waals surface area contributed by atoms with Crippen molar-refractivity contribution >= 4 is 29.3 Å². The van der Waals surface area contributed by atoms with Crippen molar-refractivity contribution in [3.63, 3.8) is 0 Å². The minimum Gasteiger partial charge on any atom is -0.497 e. The van der Waals surface area contributed by atoms with E-state index in [2.05, 4.69) is 15.5 Å². The number of fused-ring (bicyclic) bond motifs is 1. The van der Waals surface area contributed by atoms with Gasteiger partial charge in [0, 0.05) is 11.6 Å². The van der Waals surface area contributed by atoms with Crippen molar-refractivity contribution in [2.24, 2.45) is 5.16 Å². The number of anilines is 1. The summed E-state index contributed by atoms with van der Waals surface area (Å²) in [5, 5.41) is 20.8. The van der Waals surface area contributed by atoms with E-state index < -0.39 is 5.91 Å². The van der Waals surface area contributed by atoms with Crippen LogP contribution in [0.15, 0.2) is 59.9 Å². The number of ether oxygens (including phenoxy) is 1. The lowest BCUT2D eigenvalue weighted by Crippen LogP contribution is -2.29. The second-order valence-electron chi connectivity index (χ2n) is 7.36. The Balaban J connectivity index is 1.47. The molecule has 0 bridgehead atoms. The molecule has 34 heavy (non-hydrogen) atoms. The molecular formula is C23H22N6O5. The van der Waals surface area contributed by atoms with Gasteiger partial charge in [0.1, 0.15) is 18.6 Å². The number of aromatic nitrogens is 3. The van der Waals surface area contributed by atoms with Crippen LogP contribution >= 0.6 is 0 Å². The van der Waals surface area contributed by atoms with E-state index in [-0.39, 0.29) is 18.2 Å². The van der Waals surface area contributed by atoms with Gasteiger partial charge in [-0.1, -0.05) is 34.6 Å². The van der Waals surface area contributed by atoms with Crippen molar-refractivity contribution in [2.75, 3.05) is 19.1 Å². The van der Waals surface area contributed by atoms with Crippen molar-refractivity contribution in [3.8, 4) is 5.75 Å². The molecule has 4 rings (SSSR count). The van der Waals surface area contributed by atoms with Crippen molar-refractivity contribution < 1.29 is 24.4 Å². The Hall–Kier alpha value is -4.51. The third-order valence-electron chi connectivity index (χ3n) is 5.15. The van der Waals surface area contributed by atoms with Crippen LogP contribution in [0.4, 0.5) is 5.69 Å². The number of carbonyl (C=O) groups is 2. The van der Waals surface area contributed by atoms with Crippen LogP contribution in [0, 0.1) is 0 Å². The Bertz CT molecular complexity index is 1270. The van der Waals surface area contributed by atoms with E-state index in [1.807, 2.05) is 24.3 Å². The Morgan fingerprint density at radius 2 is 1.97 bits per heavy atom. The maximum absolute atomic E-state index is 13.0. The Kier molecular flexibility index (Phi) is 6.64. The van der Waals surface area contributed by atoms with Crippen LogP contribution < -0.4 is 15.1 Å². The van der Waals surface area contributed by atoms with Crippen molar-refractivity contribution in [1.82, 2.24) is 20.5 Å². The topological polar surface area (TPSA) is 131 Å². The maximum atomic E-state index is 13.0. The van der Waals surface area contributed by atoms with E-state index in [1.165, 1.54) is 13.2 Å². The minimum absolute atomic E-state index is 0.203. The number of amides is 2. The second-order valence-corrected chi connectivity index (χ2v) is 7.36. The fourth-order valence-electron chi connectivity index (χ4n) is 3.54. The summed E-state index contributed by atoms with van der Waals surface area (Å²) in [7, 11) is 2.95. The van der Waals surface area contributed by atoms with Crippen molar-refractivity contribution in [1.29, 1.82) is 0 Å². The van der Waals surface area contributed by atoms with Crippen LogP contribution in [0.3, 0.4) is 0 Å². The molecule has 0 unspecified atom stereocenters. The van der Waals surface area contributed by atoms with Crippen LogP contribution in [-0.2, 0) is 27.5 Å². The Labute approximate surface area is 194 Å². The normalized spacial score (nSPS) is 14.0. The number of oxime groups is 1. The highest BCUT2D eigenvalue weighted by Crippen LogP contribution is 2.33. The van der Waals surface area contributed by atoms with Gasteiger partial charge >= 0.3 is 0 Å². The lowest BCUT2D eigenvalue weighted by molar-refractivity contribution is -0.124. The average molecular weight is 462 g/mol. The molecule has 0 spiro atoms. The standard InChI is InChI=1S/C23H22N6O5/c1-33-18-8-9-20-19(11-18)22(26-34-2)23(31)29(20)14-17-13-28(27-24-17)12-16-5-3-15(4-6-16)7-10-21(30)25-32/h3-11,13,32H,12,14H2,1-2H3,(H,25,30)/b10-7+,26-22?. The lowest BCUT2D eigenvalue weighted by atomic mass is 10.1. The van der Waals surface area contributed by atoms with Gasteiger partial charge in [0.05, 0.1) is 32.1 Å². The first-order valence-electron chi connectivity index (χ1n) is 10.2. The van der Waals surface area contributed by atoms with E-state index >= 15 is 0 Å². The molecule has 0 atom stereocenters. The fraction of sp³-hybridized carbons (Fsp3) is 0.174. The van der Waals surface area contributed by atoms with Gasteiger partial charge in [-0.25, -0.2) is 10.2 Å². The number of carbonyl (C=O) groups excluding carboxylic acids is 2. The van der Waals surface area contributed by atoms with Crippen LogP contribution in [0.5, 0.6) is 5.75 Å². The summed E-state index contributed by atoms with van der Waals surface area (Å²) in [5.41, 5.74) is 5.46. The minimum atomic E-state index is -0.599. The number of methoxy groups -OCH3 is 1. The Morgan fingerprint density at radius 3 is 2.68 bits per heavy atom. The van der Waals surface area contributed by atoms with E-state index in [1.54, 1.807) is 52.6 Å². The predicted molar refractivity (Wildman–Crippen MR) is 122 cm³/mol. The first-order chi connectivity index (χ1) is 16.5. The molecule has 1 aliphatic heterocycles. The van der Waals surface area contributed by atoms with Crippen molar-refractivity contribution in [3.05, 3.63) is 77.1 Å².